The Labute approximate surface area is 175 Å². The second-order valence-corrected chi connectivity index (χ2v) is 7.15. The van der Waals surface area contributed by atoms with E-state index < -0.39 is 0 Å². The van der Waals surface area contributed by atoms with Crippen molar-refractivity contribution in [3.63, 3.8) is 0 Å². The zero-order valence-electron chi connectivity index (χ0n) is 16.8. The van der Waals surface area contributed by atoms with Crippen LogP contribution >= 0.6 is 0 Å². The molecular formula is C23H25N3O4. The molecular weight excluding hydrogens is 382 g/mol. The van der Waals surface area contributed by atoms with Crippen LogP contribution in [0.1, 0.15) is 11.1 Å². The Balaban J connectivity index is 1.39. The first kappa shape index (κ1) is 19.8. The molecule has 2 aromatic rings. The molecule has 2 aliphatic rings. The number of nitrogens with zero attached hydrogens (tertiary/aromatic N) is 2. The lowest BCUT2D eigenvalue weighted by molar-refractivity contribution is -0.129. The third-order valence-corrected chi connectivity index (χ3v) is 5.21. The standard InChI is InChI=1S/C23H25N3O4/c1-2-28-22(18-6-4-3-5-7-18)21(24)23(27)26-12-10-25(11-13-26)15-17-8-9-19-20(14-17)30-16-29-19/h2-9,14H,1,10-13,15-16,24H2/b22-21-. The highest BCUT2D eigenvalue weighted by atomic mass is 16.7. The van der Waals surface area contributed by atoms with Crippen molar-refractivity contribution in [1.82, 2.24) is 9.80 Å². The summed E-state index contributed by atoms with van der Waals surface area (Å²) in [6.45, 7) is 7.37. The molecule has 30 heavy (non-hydrogen) atoms. The highest BCUT2D eigenvalue weighted by molar-refractivity contribution is 5.99. The quantitative estimate of drug-likeness (QED) is 0.586. The first-order valence-electron chi connectivity index (χ1n) is 9.88. The Kier molecular flexibility index (Phi) is 5.90. The fourth-order valence-corrected chi connectivity index (χ4v) is 3.63. The average molecular weight is 407 g/mol. The number of nitrogens with two attached hydrogens (primary N) is 1. The summed E-state index contributed by atoms with van der Waals surface area (Å²) in [5, 5.41) is 0. The van der Waals surface area contributed by atoms with Gasteiger partial charge in [0, 0.05) is 38.3 Å². The Morgan fingerprint density at radius 3 is 2.53 bits per heavy atom. The van der Waals surface area contributed by atoms with Crippen molar-refractivity contribution in [2.45, 2.75) is 6.54 Å². The van der Waals surface area contributed by atoms with Gasteiger partial charge in [-0.25, -0.2) is 0 Å². The van der Waals surface area contributed by atoms with E-state index in [9.17, 15) is 4.79 Å². The number of carbonyl (C=O) groups is 1. The Morgan fingerprint density at radius 1 is 1.07 bits per heavy atom. The van der Waals surface area contributed by atoms with Gasteiger partial charge in [-0.05, 0) is 17.7 Å². The van der Waals surface area contributed by atoms with Gasteiger partial charge < -0.3 is 24.8 Å². The molecule has 2 N–H and O–H groups in total. The van der Waals surface area contributed by atoms with E-state index in [-0.39, 0.29) is 18.4 Å². The van der Waals surface area contributed by atoms with Crippen LogP contribution in [0.3, 0.4) is 0 Å². The van der Waals surface area contributed by atoms with E-state index in [1.54, 1.807) is 4.90 Å². The predicted molar refractivity (Wildman–Crippen MR) is 113 cm³/mol. The van der Waals surface area contributed by atoms with E-state index in [0.29, 0.717) is 18.8 Å². The lowest BCUT2D eigenvalue weighted by Crippen LogP contribution is -2.49. The molecule has 0 atom stereocenters. The number of carbonyl (C=O) groups excluding carboxylic acids is 1. The third-order valence-electron chi connectivity index (χ3n) is 5.21. The summed E-state index contributed by atoms with van der Waals surface area (Å²) < 4.78 is 16.3. The van der Waals surface area contributed by atoms with E-state index >= 15 is 0 Å². The number of piperazine rings is 1. The smallest absolute Gasteiger partial charge is 0.273 e. The van der Waals surface area contributed by atoms with Crippen molar-refractivity contribution in [2.75, 3.05) is 33.0 Å². The fourth-order valence-electron chi connectivity index (χ4n) is 3.63. The highest BCUT2D eigenvalue weighted by Crippen LogP contribution is 2.32. The minimum Gasteiger partial charge on any atom is -0.463 e. The van der Waals surface area contributed by atoms with Crippen molar-refractivity contribution >= 4 is 11.7 Å². The number of benzene rings is 2. The Bertz CT molecular complexity index is 950. The SMILES string of the molecule is C=CO/C(=C(\N)C(=O)N1CCN(Cc2ccc3c(c2)OCO3)CC1)c1ccccc1. The van der Waals surface area contributed by atoms with Gasteiger partial charge >= 0.3 is 0 Å². The molecule has 1 fully saturated rings. The summed E-state index contributed by atoms with van der Waals surface area (Å²) in [5.74, 6) is 1.68. The molecule has 0 spiro atoms. The van der Waals surface area contributed by atoms with E-state index in [0.717, 1.165) is 42.3 Å². The zero-order chi connectivity index (χ0) is 20.9. The maximum atomic E-state index is 13.0. The van der Waals surface area contributed by atoms with Crippen molar-refractivity contribution in [3.8, 4) is 11.5 Å². The molecule has 1 saturated heterocycles. The third kappa shape index (κ3) is 4.26. The molecule has 0 bridgehead atoms. The summed E-state index contributed by atoms with van der Waals surface area (Å²) in [6.07, 6.45) is 1.28. The fraction of sp³-hybridized carbons (Fsp3) is 0.261. The number of hydrogen-bond donors (Lipinski definition) is 1. The van der Waals surface area contributed by atoms with Crippen LogP contribution < -0.4 is 15.2 Å². The molecule has 0 radical (unpaired) electrons. The largest absolute Gasteiger partial charge is 0.463 e. The van der Waals surface area contributed by atoms with Crippen LogP contribution in [0.25, 0.3) is 5.76 Å². The van der Waals surface area contributed by atoms with Crippen LogP contribution in [0.4, 0.5) is 0 Å². The summed E-state index contributed by atoms with van der Waals surface area (Å²) in [4.78, 5) is 17.0. The van der Waals surface area contributed by atoms with Gasteiger partial charge in [-0.15, -0.1) is 0 Å². The normalized spacial score (nSPS) is 16.7. The predicted octanol–water partition coefficient (Wildman–Crippen LogP) is 2.55. The van der Waals surface area contributed by atoms with Crippen LogP contribution in [-0.4, -0.2) is 48.7 Å². The van der Waals surface area contributed by atoms with Gasteiger partial charge in [-0.2, -0.15) is 0 Å². The highest BCUT2D eigenvalue weighted by Gasteiger charge is 2.25. The second-order valence-electron chi connectivity index (χ2n) is 7.15. The van der Waals surface area contributed by atoms with Gasteiger partial charge in [0.1, 0.15) is 5.70 Å². The minimum absolute atomic E-state index is 0.0883. The number of amides is 1. The molecule has 2 aromatic carbocycles. The number of fused-ring (bicyclic) bond motifs is 1. The van der Waals surface area contributed by atoms with Crippen molar-refractivity contribution in [3.05, 3.63) is 78.2 Å². The summed E-state index contributed by atoms with van der Waals surface area (Å²) in [5.41, 5.74) is 8.18. The van der Waals surface area contributed by atoms with Crippen LogP contribution in [0, 0.1) is 0 Å². The van der Waals surface area contributed by atoms with Crippen LogP contribution in [0.2, 0.25) is 0 Å². The number of rotatable bonds is 6. The maximum absolute atomic E-state index is 13.0. The minimum atomic E-state index is -0.224. The van der Waals surface area contributed by atoms with E-state index in [4.69, 9.17) is 19.9 Å². The van der Waals surface area contributed by atoms with Crippen molar-refractivity contribution in [1.29, 1.82) is 0 Å². The monoisotopic (exact) mass is 407 g/mol. The number of ether oxygens (including phenoxy) is 3. The molecule has 0 aliphatic carbocycles. The molecule has 0 unspecified atom stereocenters. The van der Waals surface area contributed by atoms with E-state index in [1.807, 2.05) is 48.5 Å². The van der Waals surface area contributed by atoms with Gasteiger partial charge in [-0.1, -0.05) is 43.0 Å². The summed E-state index contributed by atoms with van der Waals surface area (Å²) >= 11 is 0. The lowest BCUT2D eigenvalue weighted by Gasteiger charge is -2.35. The average Bonchev–Trinajstić information content (AvgIpc) is 3.25. The Hall–Kier alpha value is -3.45. The van der Waals surface area contributed by atoms with Gasteiger partial charge in [0.15, 0.2) is 17.3 Å². The molecule has 2 aliphatic heterocycles. The van der Waals surface area contributed by atoms with E-state index in [2.05, 4.69) is 11.5 Å². The Morgan fingerprint density at radius 2 is 1.80 bits per heavy atom. The maximum Gasteiger partial charge on any atom is 0.273 e. The molecule has 4 rings (SSSR count). The first-order valence-corrected chi connectivity index (χ1v) is 9.88. The van der Waals surface area contributed by atoms with Gasteiger partial charge in [0.25, 0.3) is 5.91 Å². The van der Waals surface area contributed by atoms with Crippen LogP contribution in [-0.2, 0) is 16.1 Å². The van der Waals surface area contributed by atoms with Gasteiger partial charge in [-0.3, -0.25) is 9.69 Å². The molecule has 1 amide bonds. The van der Waals surface area contributed by atoms with Gasteiger partial charge in [0.2, 0.25) is 6.79 Å². The zero-order valence-corrected chi connectivity index (χ0v) is 16.8. The molecule has 7 nitrogen and oxygen atoms in total. The summed E-state index contributed by atoms with van der Waals surface area (Å²) in [7, 11) is 0. The molecule has 0 saturated carbocycles. The summed E-state index contributed by atoms with van der Waals surface area (Å²) in [6, 6.07) is 15.3. The lowest BCUT2D eigenvalue weighted by atomic mass is 10.1. The molecule has 2 heterocycles. The van der Waals surface area contributed by atoms with Crippen molar-refractivity contribution < 1.29 is 19.0 Å². The van der Waals surface area contributed by atoms with Crippen LogP contribution in [0.5, 0.6) is 11.5 Å². The molecule has 0 aromatic heterocycles. The van der Waals surface area contributed by atoms with Gasteiger partial charge in [0.05, 0.1) is 6.26 Å². The van der Waals surface area contributed by atoms with Crippen molar-refractivity contribution in [2.24, 2.45) is 5.73 Å². The first-order chi connectivity index (χ1) is 14.7. The topological polar surface area (TPSA) is 77.3 Å². The van der Waals surface area contributed by atoms with Crippen LogP contribution in [0.15, 0.2) is 67.1 Å². The molecule has 156 valence electrons. The number of hydrogen-bond acceptors (Lipinski definition) is 6. The second kappa shape index (κ2) is 8.92. The van der Waals surface area contributed by atoms with E-state index in [1.165, 1.54) is 6.26 Å². The molecule has 7 heteroatoms.